The molecular weight excluding hydrogens is 925 g/mol. The number of hydrogen-bond acceptors (Lipinski definition) is 2. The van der Waals surface area contributed by atoms with E-state index in [4.69, 9.17) is 0 Å². The average Bonchev–Trinajstić information content (AvgIpc) is 4.07. The fraction of sp³-hybridized carbons (Fsp3) is 0.139. The van der Waals surface area contributed by atoms with Gasteiger partial charge < -0.3 is 0 Å². The summed E-state index contributed by atoms with van der Waals surface area (Å²) in [5.41, 5.74) is 17.3. The van der Waals surface area contributed by atoms with E-state index in [2.05, 4.69) is 272 Å². The van der Waals surface area contributed by atoms with Gasteiger partial charge in [-0.15, -0.1) is 0 Å². The summed E-state index contributed by atoms with van der Waals surface area (Å²) in [4.78, 5) is 33.4. The predicted molar refractivity (Wildman–Crippen MR) is 312 cm³/mol. The molecule has 2 aromatic heterocycles. The van der Waals surface area contributed by atoms with Gasteiger partial charge in [-0.05, 0) is 123 Å². The molecule has 0 spiro atoms. The summed E-state index contributed by atoms with van der Waals surface area (Å²) >= 11 is 0. The normalized spacial score (nSPS) is 14.2. The van der Waals surface area contributed by atoms with Crippen LogP contribution in [0.3, 0.4) is 0 Å². The second kappa shape index (κ2) is 16.3. The Morgan fingerprint density at radius 3 is 0.934 bits per heavy atom. The highest BCUT2D eigenvalue weighted by atomic mass is 16.2. The topological polar surface area (TPSA) is 43.0 Å². The van der Waals surface area contributed by atoms with Crippen LogP contribution in [0.1, 0.15) is 97.2 Å². The van der Waals surface area contributed by atoms with E-state index in [0.717, 1.165) is 89.0 Å². The van der Waals surface area contributed by atoms with E-state index < -0.39 is 10.8 Å². The highest BCUT2D eigenvalue weighted by Crippen LogP contribution is 2.63. The Kier molecular flexibility index (Phi) is 9.82. The minimum atomic E-state index is -0.957. The number of rotatable bonds is 6. The molecule has 14 rings (SSSR count). The predicted octanol–water partition coefficient (Wildman–Crippen LogP) is 16.2. The van der Waals surface area contributed by atoms with Gasteiger partial charge >= 0.3 is 0 Å². The molecule has 0 saturated carbocycles. The molecule has 366 valence electrons. The molecule has 4 nitrogen and oxygen atoms in total. The third-order valence-electron chi connectivity index (χ3n) is 16.9. The minimum Gasteiger partial charge on any atom is -0.267 e. The molecule has 0 saturated heterocycles. The number of benzene rings is 10. The van der Waals surface area contributed by atoms with Crippen LogP contribution in [-0.2, 0) is 21.7 Å². The van der Waals surface area contributed by atoms with Gasteiger partial charge in [0.15, 0.2) is 0 Å². The summed E-state index contributed by atoms with van der Waals surface area (Å²) in [5.74, 6) is 0. The van der Waals surface area contributed by atoms with E-state index in [1.807, 2.05) is 4.52 Å². The Morgan fingerprint density at radius 2 is 0.632 bits per heavy atom. The van der Waals surface area contributed by atoms with E-state index in [-0.39, 0.29) is 21.9 Å². The maximum atomic E-state index is 16.7. The molecule has 0 bridgehead atoms. The Morgan fingerprint density at radius 1 is 0.329 bits per heavy atom. The van der Waals surface area contributed by atoms with Gasteiger partial charge in [-0.25, -0.2) is 4.52 Å². The maximum absolute atomic E-state index is 16.7. The average molecular weight is 981 g/mol. The maximum Gasteiger partial charge on any atom is 0.282 e. The molecule has 2 heterocycles. The summed E-state index contributed by atoms with van der Waals surface area (Å²) in [6.45, 7) is 13.6. The molecule has 10 aromatic carbocycles. The standard InChI is InChI=1S/C72H56N2O2/c1-69(2,3)51-37-39-53-57(41-51)71(47-29-17-9-18-30-47,48-31-19-10-20-32-48)65-61(53)55(45-25-13-7-14-26-45)43-59-63(65)67(75)74-68(76)64-60(73(59)74)44-56(46-27-15-8-16-28-46)62-54-40-38-52(70(4,5)6)42-58(54)72(66(62)64,49-33-21-11-22-34-49)50-35-23-12-24-36-50/h7-44H,1-6H3. The van der Waals surface area contributed by atoms with Gasteiger partial charge in [-0.1, -0.05) is 260 Å². The number of nitrogens with zero attached hydrogens (tertiary/aromatic N) is 2. The lowest BCUT2D eigenvalue weighted by Crippen LogP contribution is -2.32. The number of hydrogen-bond donors (Lipinski definition) is 0. The van der Waals surface area contributed by atoms with Crippen molar-refractivity contribution in [3.8, 4) is 44.5 Å². The fourth-order valence-corrected chi connectivity index (χ4v) is 13.6. The van der Waals surface area contributed by atoms with Gasteiger partial charge in [0.25, 0.3) is 11.1 Å². The molecule has 0 aliphatic heterocycles. The Bertz CT molecular complexity index is 4050. The SMILES string of the molecule is CC(C)(C)c1ccc2c(c1)C(c1ccccc1)(c1ccccc1)c1c-2c(-c2ccccc2)cc2c1c(=O)n1c(=O)c3c4c(c(-c5ccccc5)cc3n21)-c1ccc(C(C)(C)C)cc1C4(c1ccccc1)c1ccccc1. The monoisotopic (exact) mass is 980 g/mol. The van der Waals surface area contributed by atoms with Crippen LogP contribution in [0.25, 0.3) is 66.3 Å². The van der Waals surface area contributed by atoms with Gasteiger partial charge in [0.05, 0.1) is 32.6 Å². The molecule has 12 aromatic rings. The van der Waals surface area contributed by atoms with Gasteiger partial charge in [-0.3, -0.25) is 9.59 Å². The van der Waals surface area contributed by atoms with Crippen LogP contribution >= 0.6 is 0 Å². The molecule has 0 atom stereocenters. The molecule has 2 aliphatic carbocycles. The van der Waals surface area contributed by atoms with Crippen LogP contribution in [0, 0.1) is 0 Å². The lowest BCUT2D eigenvalue weighted by Gasteiger charge is -2.35. The van der Waals surface area contributed by atoms with E-state index in [1.54, 1.807) is 0 Å². The number of fused-ring (bicyclic) bond motifs is 13. The lowest BCUT2D eigenvalue weighted by atomic mass is 9.66. The first-order chi connectivity index (χ1) is 36.8. The van der Waals surface area contributed by atoms with Crippen LogP contribution in [-0.4, -0.2) is 9.03 Å². The quantitative estimate of drug-likeness (QED) is 0.167. The fourth-order valence-electron chi connectivity index (χ4n) is 13.6. The first-order valence-corrected chi connectivity index (χ1v) is 26.6. The van der Waals surface area contributed by atoms with Gasteiger partial charge in [-0.2, -0.15) is 4.52 Å². The zero-order valence-electron chi connectivity index (χ0n) is 43.7. The first-order valence-electron chi connectivity index (χ1n) is 26.6. The van der Waals surface area contributed by atoms with E-state index >= 15 is 9.59 Å². The second-order valence-electron chi connectivity index (χ2n) is 23.1. The smallest absolute Gasteiger partial charge is 0.267 e. The lowest BCUT2D eigenvalue weighted by molar-refractivity contribution is 0.588. The van der Waals surface area contributed by atoms with Crippen molar-refractivity contribution in [1.82, 2.24) is 9.03 Å². The van der Waals surface area contributed by atoms with Crippen LogP contribution in [0.4, 0.5) is 0 Å². The molecule has 4 heteroatoms. The molecule has 0 fully saturated rings. The van der Waals surface area contributed by atoms with Crippen molar-refractivity contribution in [1.29, 1.82) is 0 Å². The van der Waals surface area contributed by atoms with Crippen molar-refractivity contribution in [2.24, 2.45) is 0 Å². The largest absolute Gasteiger partial charge is 0.282 e. The summed E-state index contributed by atoms with van der Waals surface area (Å²) < 4.78 is 3.47. The Hall–Kier alpha value is -8.86. The van der Waals surface area contributed by atoms with Crippen LogP contribution in [0.15, 0.2) is 240 Å². The summed E-state index contributed by atoms with van der Waals surface area (Å²) in [5, 5.41) is 1.07. The Labute approximate surface area is 443 Å². The number of aromatic nitrogens is 2. The van der Waals surface area contributed by atoms with Gasteiger partial charge in [0.1, 0.15) is 0 Å². The van der Waals surface area contributed by atoms with E-state index in [9.17, 15) is 0 Å². The van der Waals surface area contributed by atoms with Crippen molar-refractivity contribution in [2.75, 3.05) is 0 Å². The molecule has 76 heavy (non-hydrogen) atoms. The van der Waals surface area contributed by atoms with Crippen LogP contribution < -0.4 is 11.1 Å². The molecular formula is C72H56N2O2. The van der Waals surface area contributed by atoms with Gasteiger partial charge in [0.2, 0.25) is 0 Å². The molecule has 0 N–H and O–H groups in total. The van der Waals surface area contributed by atoms with Gasteiger partial charge in [0, 0.05) is 0 Å². The zero-order chi connectivity index (χ0) is 51.9. The summed E-state index contributed by atoms with van der Waals surface area (Å²) in [6.07, 6.45) is 0. The molecule has 0 radical (unpaired) electrons. The third-order valence-corrected chi connectivity index (χ3v) is 16.9. The second-order valence-corrected chi connectivity index (χ2v) is 23.1. The van der Waals surface area contributed by atoms with E-state index in [0.29, 0.717) is 21.8 Å². The molecule has 0 unspecified atom stereocenters. The molecule has 0 amide bonds. The zero-order valence-corrected chi connectivity index (χ0v) is 43.7. The van der Waals surface area contributed by atoms with E-state index in [1.165, 1.54) is 15.6 Å². The van der Waals surface area contributed by atoms with Crippen molar-refractivity contribution in [2.45, 2.75) is 63.2 Å². The minimum absolute atomic E-state index is 0.174. The highest BCUT2D eigenvalue weighted by Gasteiger charge is 2.52. The first kappa shape index (κ1) is 45.7. The highest BCUT2D eigenvalue weighted by molar-refractivity contribution is 6.10. The van der Waals surface area contributed by atoms with Crippen LogP contribution in [0.2, 0.25) is 0 Å². The Balaban J connectivity index is 1.24. The van der Waals surface area contributed by atoms with Crippen LogP contribution in [0.5, 0.6) is 0 Å². The van der Waals surface area contributed by atoms with Crippen molar-refractivity contribution in [3.05, 3.63) is 307 Å². The summed E-state index contributed by atoms with van der Waals surface area (Å²) in [7, 11) is 0. The third kappa shape index (κ3) is 6.13. The van der Waals surface area contributed by atoms with Crippen molar-refractivity contribution < 1.29 is 0 Å². The van der Waals surface area contributed by atoms with Crippen molar-refractivity contribution in [3.63, 3.8) is 0 Å². The van der Waals surface area contributed by atoms with Crippen molar-refractivity contribution >= 4 is 21.8 Å². The molecule has 2 aliphatic rings. The summed E-state index contributed by atoms with van der Waals surface area (Å²) in [6, 6.07) is 82.3.